The fourth-order valence-corrected chi connectivity index (χ4v) is 8.04. The van der Waals surface area contributed by atoms with E-state index >= 15 is 0 Å². The summed E-state index contributed by atoms with van der Waals surface area (Å²) in [6.45, 7) is 3.81. The summed E-state index contributed by atoms with van der Waals surface area (Å²) in [7, 11) is 1.44. The molecule has 1 aromatic rings. The zero-order chi connectivity index (χ0) is 56.5. The van der Waals surface area contributed by atoms with Crippen LogP contribution in [0.15, 0.2) is 29.3 Å². The number of hydrogen-bond acceptors (Lipinski definition) is 16. The number of likely N-dealkylation sites (tertiary alicyclic amines) is 1. The first-order chi connectivity index (χ1) is 35.3. The van der Waals surface area contributed by atoms with Crippen LogP contribution >= 0.6 is 25.3 Å². The Morgan fingerprint density at radius 2 is 1.29 bits per heavy atom. The molecule has 1 aliphatic rings. The number of carbonyl (C=O) groups excluding carboxylic acids is 11. The van der Waals surface area contributed by atoms with Gasteiger partial charge in [-0.2, -0.15) is 25.3 Å². The predicted molar refractivity (Wildman–Crippen MR) is 276 cm³/mol. The standard InChI is InChI=1S/C45H70N14O14S2/c1-22(2)15-27(39(67)58-31(20-74)37(47)65)55-40(68)28(16-24-9-11-25(73-4)12-10-24)56-41(69)29(18-36(63)64)53-35(62)19-51-38(66)26(7-5-13-50-45(48)49)54-43(71)33-8-6-14-59(33)44(72)30(17-34(46)61)57-42(70)32(21-75)52-23(3)60/h9-12,22,26-33,74-75H,5-8,13-21H2,1-4H3,(H2,46,61)(H2,47,65)(H,51,66)(H,52,60)(H,53,62)(H,54,71)(H,55,68)(H,56,69)(H,57,70)(H,58,67)(H,63,64)(H4,48,49,50)/t26-,27-,28-,29-,30-,31-,32-,33-/m0/s1. The van der Waals surface area contributed by atoms with Crippen molar-refractivity contribution in [3.05, 3.63) is 29.8 Å². The van der Waals surface area contributed by atoms with Gasteiger partial charge in [-0.3, -0.25) is 62.5 Å². The van der Waals surface area contributed by atoms with Gasteiger partial charge >= 0.3 is 5.97 Å². The van der Waals surface area contributed by atoms with Crippen molar-refractivity contribution in [2.24, 2.45) is 33.8 Å². The van der Waals surface area contributed by atoms with E-state index in [1.165, 1.54) is 7.11 Å². The van der Waals surface area contributed by atoms with Gasteiger partial charge in [-0.25, -0.2) is 0 Å². The summed E-state index contributed by atoms with van der Waals surface area (Å²) in [4.78, 5) is 162. The highest BCUT2D eigenvalue weighted by Crippen LogP contribution is 2.20. The first kappa shape index (κ1) is 63.7. The molecular weight excluding hydrogens is 1020 g/mol. The Kier molecular flexibility index (Phi) is 27.2. The molecule has 1 heterocycles. The molecule has 30 heteroatoms. The molecule has 75 heavy (non-hydrogen) atoms. The second-order valence-corrected chi connectivity index (χ2v) is 18.5. The van der Waals surface area contributed by atoms with Crippen LogP contribution in [0.4, 0.5) is 0 Å². The maximum absolute atomic E-state index is 14.0. The third-order valence-corrected chi connectivity index (χ3v) is 11.9. The van der Waals surface area contributed by atoms with E-state index < -0.39 is 139 Å². The quantitative estimate of drug-likeness (QED) is 0.0139. The molecule has 416 valence electrons. The molecule has 0 aromatic heterocycles. The molecule has 2 rings (SSSR count). The van der Waals surface area contributed by atoms with Gasteiger partial charge in [-0.15, -0.1) is 0 Å². The number of amides is 11. The number of hydrogen-bond donors (Lipinski definition) is 15. The third-order valence-electron chi connectivity index (χ3n) is 11.2. The number of aliphatic imine (C=N–C) groups is 1. The van der Waals surface area contributed by atoms with Gasteiger partial charge in [0.05, 0.1) is 26.5 Å². The third kappa shape index (κ3) is 22.7. The zero-order valence-corrected chi connectivity index (χ0v) is 43.8. The van der Waals surface area contributed by atoms with E-state index in [9.17, 15) is 62.6 Å². The summed E-state index contributed by atoms with van der Waals surface area (Å²) in [6, 6.07) is -4.80. The van der Waals surface area contributed by atoms with E-state index in [2.05, 4.69) is 72.8 Å². The molecule has 0 saturated carbocycles. The molecule has 17 N–H and O–H groups in total. The van der Waals surface area contributed by atoms with Gasteiger partial charge < -0.3 is 80.2 Å². The minimum absolute atomic E-state index is 0.00235. The topological polar surface area (TPSA) is 450 Å². The first-order valence-corrected chi connectivity index (χ1v) is 24.9. The zero-order valence-electron chi connectivity index (χ0n) is 42.1. The number of aliphatic carboxylic acids is 1. The van der Waals surface area contributed by atoms with E-state index in [0.717, 1.165) is 11.8 Å². The molecular formula is C45H70N14O14S2. The number of nitrogens with one attached hydrogen (secondary N) is 8. The summed E-state index contributed by atoms with van der Waals surface area (Å²) in [5, 5.41) is 29.1. The lowest BCUT2D eigenvalue weighted by Crippen LogP contribution is -2.59. The number of carbonyl (C=O) groups is 12. The number of carboxylic acid groups (broad SMARTS) is 1. The maximum atomic E-state index is 14.0. The predicted octanol–water partition coefficient (Wildman–Crippen LogP) is -5.45. The summed E-state index contributed by atoms with van der Waals surface area (Å²) in [6.07, 6.45) is -1.48. The average molecular weight is 1100 g/mol. The lowest BCUT2D eigenvalue weighted by atomic mass is 10.0. The number of benzene rings is 1. The van der Waals surface area contributed by atoms with Crippen molar-refractivity contribution >= 4 is 102 Å². The van der Waals surface area contributed by atoms with Crippen molar-refractivity contribution in [2.45, 2.75) is 120 Å². The highest BCUT2D eigenvalue weighted by atomic mass is 32.1. The second kappa shape index (κ2) is 32.0. The van der Waals surface area contributed by atoms with Crippen LogP contribution < -0.4 is 70.2 Å². The van der Waals surface area contributed by atoms with Gasteiger partial charge in [-0.1, -0.05) is 26.0 Å². The molecule has 11 amide bonds. The normalized spacial score (nSPS) is 15.7. The molecule has 1 saturated heterocycles. The van der Waals surface area contributed by atoms with E-state index in [-0.39, 0.29) is 75.0 Å². The van der Waals surface area contributed by atoms with Crippen molar-refractivity contribution < 1.29 is 67.4 Å². The minimum atomic E-state index is -1.85. The number of thiol groups is 2. The monoisotopic (exact) mass is 1090 g/mol. The van der Waals surface area contributed by atoms with Gasteiger partial charge in [0.15, 0.2) is 5.96 Å². The van der Waals surface area contributed by atoms with Gasteiger partial charge in [0.2, 0.25) is 65.0 Å². The summed E-state index contributed by atoms with van der Waals surface area (Å²) in [5.41, 5.74) is 22.1. The number of nitrogens with two attached hydrogens (primary N) is 4. The number of carboxylic acids is 1. The smallest absolute Gasteiger partial charge is 0.305 e. The molecule has 0 aliphatic carbocycles. The Morgan fingerprint density at radius 3 is 1.84 bits per heavy atom. The largest absolute Gasteiger partial charge is 0.497 e. The number of methoxy groups -OCH3 is 1. The summed E-state index contributed by atoms with van der Waals surface area (Å²) in [5.74, 6) is -11.6. The van der Waals surface area contributed by atoms with Crippen LogP contribution in [0.3, 0.4) is 0 Å². The van der Waals surface area contributed by atoms with E-state index in [4.69, 9.17) is 27.7 Å². The molecule has 0 unspecified atom stereocenters. The van der Waals surface area contributed by atoms with E-state index in [1.54, 1.807) is 38.1 Å². The Morgan fingerprint density at radius 1 is 0.720 bits per heavy atom. The van der Waals surface area contributed by atoms with Crippen molar-refractivity contribution in [3.8, 4) is 5.75 Å². The molecule has 0 spiro atoms. The minimum Gasteiger partial charge on any atom is -0.497 e. The molecule has 1 fully saturated rings. The Bertz CT molecular complexity index is 2250. The first-order valence-electron chi connectivity index (χ1n) is 23.7. The fourth-order valence-electron chi connectivity index (χ4n) is 7.51. The number of nitrogens with zero attached hydrogens (tertiary/aromatic N) is 2. The van der Waals surface area contributed by atoms with E-state index in [1.807, 2.05) is 0 Å². The van der Waals surface area contributed by atoms with Crippen LogP contribution in [0.1, 0.15) is 71.3 Å². The van der Waals surface area contributed by atoms with Crippen LogP contribution in [0.5, 0.6) is 5.75 Å². The lowest BCUT2D eigenvalue weighted by Gasteiger charge is -2.30. The van der Waals surface area contributed by atoms with Gasteiger partial charge in [0.25, 0.3) is 0 Å². The van der Waals surface area contributed by atoms with E-state index in [0.29, 0.717) is 11.3 Å². The SMILES string of the molecule is COc1ccc(C[C@H](NC(=O)[C@H](CC(=O)O)NC(=O)CNC(=O)[C@H](CCCN=C(N)N)NC(=O)[C@@H]2CCCN2C(=O)[C@H](CC(N)=O)NC(=O)[C@H](CS)NC(C)=O)C(=O)N[C@@H](CC(C)C)C(=O)N[C@@H](CS)C(N)=O)cc1. The molecule has 0 radical (unpaired) electrons. The van der Waals surface area contributed by atoms with Crippen molar-refractivity contribution in [2.75, 3.05) is 38.2 Å². The summed E-state index contributed by atoms with van der Waals surface area (Å²) >= 11 is 8.10. The fraction of sp³-hybridized carbons (Fsp3) is 0.578. The van der Waals surface area contributed by atoms with Crippen LogP contribution in [-0.4, -0.2) is 173 Å². The lowest BCUT2D eigenvalue weighted by molar-refractivity contribution is -0.143. The van der Waals surface area contributed by atoms with Crippen LogP contribution in [0.25, 0.3) is 0 Å². The number of rotatable bonds is 32. The van der Waals surface area contributed by atoms with Gasteiger partial charge in [0, 0.05) is 37.9 Å². The molecule has 1 aliphatic heterocycles. The number of primary amides is 2. The van der Waals surface area contributed by atoms with Crippen molar-refractivity contribution in [1.82, 2.24) is 47.4 Å². The highest BCUT2D eigenvalue weighted by molar-refractivity contribution is 7.80. The Labute approximate surface area is 443 Å². The molecule has 0 bridgehead atoms. The second-order valence-electron chi connectivity index (χ2n) is 17.8. The van der Waals surface area contributed by atoms with Gasteiger partial charge in [0.1, 0.15) is 54.1 Å². The Balaban J connectivity index is 2.35. The highest BCUT2D eigenvalue weighted by Gasteiger charge is 2.40. The van der Waals surface area contributed by atoms with Crippen LogP contribution in [0, 0.1) is 5.92 Å². The van der Waals surface area contributed by atoms with Crippen LogP contribution in [0.2, 0.25) is 0 Å². The maximum Gasteiger partial charge on any atom is 0.305 e. The van der Waals surface area contributed by atoms with Crippen LogP contribution in [-0.2, 0) is 64.0 Å². The van der Waals surface area contributed by atoms with Gasteiger partial charge in [-0.05, 0) is 55.7 Å². The van der Waals surface area contributed by atoms with Crippen molar-refractivity contribution in [3.63, 3.8) is 0 Å². The number of ether oxygens (including phenoxy) is 1. The van der Waals surface area contributed by atoms with Crippen molar-refractivity contribution in [1.29, 1.82) is 0 Å². The Hall–Kier alpha value is -7.37. The molecule has 28 nitrogen and oxygen atoms in total. The number of guanidine groups is 1. The molecule has 8 atom stereocenters. The molecule has 1 aromatic carbocycles. The summed E-state index contributed by atoms with van der Waals surface area (Å²) < 4.78 is 5.20. The average Bonchev–Trinajstić information content (AvgIpc) is 3.84.